The molecule has 1 aliphatic rings. The Morgan fingerprint density at radius 3 is 2.27 bits per heavy atom. The molecule has 2 N–H and O–H groups in total. The third kappa shape index (κ3) is 4.05. The fraction of sp³-hybridized carbons (Fsp3) is 0.316. The second kappa shape index (κ2) is 7.88. The van der Waals surface area contributed by atoms with E-state index in [1.807, 2.05) is 24.3 Å². The summed E-state index contributed by atoms with van der Waals surface area (Å²) in [5, 5.41) is 2.95. The van der Waals surface area contributed by atoms with E-state index in [4.69, 9.17) is 0 Å². The Hall–Kier alpha value is -2.38. The fourth-order valence-corrected chi connectivity index (χ4v) is 3.82. The van der Waals surface area contributed by atoms with E-state index in [1.54, 1.807) is 0 Å². The van der Waals surface area contributed by atoms with Crippen molar-refractivity contribution in [2.75, 3.05) is 30.4 Å². The van der Waals surface area contributed by atoms with E-state index < -0.39 is 10.0 Å². The molecule has 1 amide bonds. The second-order valence-corrected chi connectivity index (χ2v) is 8.14. The smallest absolute Gasteiger partial charge is 0.255 e. The summed E-state index contributed by atoms with van der Waals surface area (Å²) >= 11 is 0. The molecule has 1 fully saturated rings. The van der Waals surface area contributed by atoms with Crippen molar-refractivity contribution in [3.05, 3.63) is 54.1 Å². The summed E-state index contributed by atoms with van der Waals surface area (Å²) in [6, 6.07) is 13.7. The van der Waals surface area contributed by atoms with Crippen LogP contribution in [0.25, 0.3) is 0 Å². The number of anilines is 2. The first-order chi connectivity index (χ1) is 12.5. The van der Waals surface area contributed by atoms with Gasteiger partial charge in [0.25, 0.3) is 5.91 Å². The highest BCUT2D eigenvalue weighted by Gasteiger charge is 2.17. The van der Waals surface area contributed by atoms with Crippen molar-refractivity contribution in [3.63, 3.8) is 0 Å². The van der Waals surface area contributed by atoms with Gasteiger partial charge in [-0.1, -0.05) is 12.1 Å². The molecule has 7 heteroatoms. The third-order valence-electron chi connectivity index (χ3n) is 4.54. The van der Waals surface area contributed by atoms with Gasteiger partial charge in [-0.3, -0.25) is 4.79 Å². The monoisotopic (exact) mass is 373 g/mol. The lowest BCUT2D eigenvalue weighted by atomic mass is 10.1. The van der Waals surface area contributed by atoms with Gasteiger partial charge in [-0.2, -0.15) is 0 Å². The molecule has 1 heterocycles. The summed E-state index contributed by atoms with van der Waals surface area (Å²) in [7, 11) is -2.15. The number of para-hydroxylation sites is 2. The van der Waals surface area contributed by atoms with Crippen LogP contribution in [0.5, 0.6) is 0 Å². The number of benzene rings is 2. The summed E-state index contributed by atoms with van der Waals surface area (Å²) in [4.78, 5) is 15.0. The van der Waals surface area contributed by atoms with Gasteiger partial charge in [0.2, 0.25) is 10.0 Å². The molecule has 0 atom stereocenters. The molecule has 0 spiro atoms. The number of hydrogen-bond donors (Lipinski definition) is 2. The first-order valence-corrected chi connectivity index (χ1v) is 10.2. The molecule has 6 nitrogen and oxygen atoms in total. The number of sulfonamides is 1. The molecule has 0 unspecified atom stereocenters. The Labute approximate surface area is 154 Å². The molecule has 0 aromatic heterocycles. The summed E-state index contributed by atoms with van der Waals surface area (Å²) in [5.74, 6) is -0.261. The van der Waals surface area contributed by atoms with Crippen LogP contribution in [-0.2, 0) is 10.0 Å². The molecule has 26 heavy (non-hydrogen) atoms. The highest BCUT2D eigenvalue weighted by Crippen LogP contribution is 2.28. The SMILES string of the molecule is CNS(=O)(=O)c1ccc(C(=O)Nc2ccccc2N2CCCCC2)cc1. The van der Waals surface area contributed by atoms with Gasteiger partial charge in [0, 0.05) is 18.7 Å². The van der Waals surface area contributed by atoms with Crippen LogP contribution in [-0.4, -0.2) is 34.5 Å². The number of piperidine rings is 1. The Morgan fingerprint density at radius 1 is 0.962 bits per heavy atom. The molecule has 0 radical (unpaired) electrons. The van der Waals surface area contributed by atoms with Crippen LogP contribution in [0.4, 0.5) is 11.4 Å². The number of nitrogens with one attached hydrogen (secondary N) is 2. The zero-order valence-corrected chi connectivity index (χ0v) is 15.6. The molecule has 2 aromatic rings. The molecule has 3 rings (SSSR count). The summed E-state index contributed by atoms with van der Waals surface area (Å²) in [5.41, 5.74) is 2.20. The van der Waals surface area contributed by atoms with Crippen molar-refractivity contribution in [2.45, 2.75) is 24.2 Å². The number of nitrogens with zero attached hydrogens (tertiary/aromatic N) is 1. The Kier molecular flexibility index (Phi) is 5.58. The number of carbonyl (C=O) groups is 1. The van der Waals surface area contributed by atoms with Crippen molar-refractivity contribution in [1.29, 1.82) is 0 Å². The van der Waals surface area contributed by atoms with E-state index in [2.05, 4.69) is 14.9 Å². The summed E-state index contributed by atoms with van der Waals surface area (Å²) in [6.45, 7) is 1.98. The van der Waals surface area contributed by atoms with Crippen LogP contribution in [0, 0.1) is 0 Å². The number of hydrogen-bond acceptors (Lipinski definition) is 4. The van der Waals surface area contributed by atoms with Gasteiger partial charge < -0.3 is 10.2 Å². The van der Waals surface area contributed by atoms with Crippen molar-refractivity contribution in [1.82, 2.24) is 4.72 Å². The zero-order valence-electron chi connectivity index (χ0n) is 14.7. The topological polar surface area (TPSA) is 78.5 Å². The van der Waals surface area contributed by atoms with Crippen LogP contribution in [0.15, 0.2) is 53.4 Å². The minimum absolute atomic E-state index is 0.130. The molecule has 1 saturated heterocycles. The minimum atomic E-state index is -3.51. The molecule has 0 aliphatic carbocycles. The van der Waals surface area contributed by atoms with Gasteiger partial charge in [0.1, 0.15) is 0 Å². The predicted octanol–water partition coefficient (Wildman–Crippen LogP) is 2.84. The maximum atomic E-state index is 12.6. The first-order valence-electron chi connectivity index (χ1n) is 8.70. The van der Waals surface area contributed by atoms with E-state index in [1.165, 1.54) is 37.7 Å². The van der Waals surface area contributed by atoms with Crippen molar-refractivity contribution in [2.24, 2.45) is 0 Å². The summed E-state index contributed by atoms with van der Waals surface area (Å²) in [6.07, 6.45) is 3.56. The predicted molar refractivity (Wildman–Crippen MR) is 103 cm³/mol. The molecule has 2 aromatic carbocycles. The fourth-order valence-electron chi connectivity index (χ4n) is 3.09. The van der Waals surface area contributed by atoms with Crippen molar-refractivity contribution >= 4 is 27.3 Å². The van der Waals surface area contributed by atoms with Crippen LogP contribution < -0.4 is 14.9 Å². The minimum Gasteiger partial charge on any atom is -0.370 e. The molecule has 0 saturated carbocycles. The van der Waals surface area contributed by atoms with Gasteiger partial charge in [-0.25, -0.2) is 13.1 Å². The molecule has 1 aliphatic heterocycles. The average molecular weight is 373 g/mol. The largest absolute Gasteiger partial charge is 0.370 e. The van der Waals surface area contributed by atoms with Gasteiger partial charge in [-0.05, 0) is 62.7 Å². The van der Waals surface area contributed by atoms with Crippen molar-refractivity contribution in [3.8, 4) is 0 Å². The number of rotatable bonds is 5. The van der Waals surface area contributed by atoms with E-state index in [-0.39, 0.29) is 10.8 Å². The van der Waals surface area contributed by atoms with Crippen LogP contribution in [0.3, 0.4) is 0 Å². The standard InChI is InChI=1S/C19H23N3O3S/c1-20-26(24,25)16-11-9-15(10-12-16)19(23)21-17-7-3-4-8-18(17)22-13-5-2-6-14-22/h3-4,7-12,20H,2,5-6,13-14H2,1H3,(H,21,23). The molecule has 0 bridgehead atoms. The van der Waals surface area contributed by atoms with Gasteiger partial charge in [-0.15, -0.1) is 0 Å². The lowest BCUT2D eigenvalue weighted by Gasteiger charge is -2.30. The maximum absolute atomic E-state index is 12.6. The lowest BCUT2D eigenvalue weighted by molar-refractivity contribution is 0.102. The van der Waals surface area contributed by atoms with Gasteiger partial charge in [0.15, 0.2) is 0 Å². The highest BCUT2D eigenvalue weighted by atomic mass is 32.2. The number of carbonyl (C=O) groups excluding carboxylic acids is 1. The second-order valence-electron chi connectivity index (χ2n) is 6.25. The third-order valence-corrected chi connectivity index (χ3v) is 5.97. The molecule has 138 valence electrons. The molecular weight excluding hydrogens is 350 g/mol. The van der Waals surface area contributed by atoms with E-state index in [9.17, 15) is 13.2 Å². The zero-order chi connectivity index (χ0) is 18.6. The van der Waals surface area contributed by atoms with E-state index in [0.717, 1.165) is 37.3 Å². The van der Waals surface area contributed by atoms with Crippen LogP contribution >= 0.6 is 0 Å². The van der Waals surface area contributed by atoms with Crippen molar-refractivity contribution < 1.29 is 13.2 Å². The normalized spacial score (nSPS) is 14.9. The Balaban J connectivity index is 1.78. The molecular formula is C19H23N3O3S. The number of amides is 1. The average Bonchev–Trinajstić information content (AvgIpc) is 2.69. The Bertz CT molecular complexity index is 873. The first kappa shape index (κ1) is 18.4. The lowest BCUT2D eigenvalue weighted by Crippen LogP contribution is -2.30. The summed E-state index contributed by atoms with van der Waals surface area (Å²) < 4.78 is 25.8. The Morgan fingerprint density at radius 2 is 1.62 bits per heavy atom. The van der Waals surface area contributed by atoms with Crippen LogP contribution in [0.2, 0.25) is 0 Å². The maximum Gasteiger partial charge on any atom is 0.255 e. The van der Waals surface area contributed by atoms with E-state index >= 15 is 0 Å². The van der Waals surface area contributed by atoms with Crippen LogP contribution in [0.1, 0.15) is 29.6 Å². The highest BCUT2D eigenvalue weighted by molar-refractivity contribution is 7.89. The van der Waals surface area contributed by atoms with E-state index in [0.29, 0.717) is 5.56 Å². The quantitative estimate of drug-likeness (QED) is 0.845. The van der Waals surface area contributed by atoms with Gasteiger partial charge >= 0.3 is 0 Å². The van der Waals surface area contributed by atoms with Gasteiger partial charge in [0.05, 0.1) is 16.3 Å².